The first kappa shape index (κ1) is 24.6. The molecule has 0 unspecified atom stereocenters. The Labute approximate surface area is 217 Å². The Hall–Kier alpha value is -4.06. The lowest BCUT2D eigenvalue weighted by molar-refractivity contribution is -0.117. The SMILES string of the molecule is CCCOc1ccccc1[C@@H]1CC(=O)C2=C(C1)Nc1ccccc1N(C(C)=O)[C@H]2c1ccc(OC)cc1. The third-order valence-electron chi connectivity index (χ3n) is 7.08. The van der Waals surface area contributed by atoms with Crippen LogP contribution in [0.25, 0.3) is 0 Å². The molecule has 3 aromatic rings. The average Bonchev–Trinajstić information content (AvgIpc) is 3.07. The van der Waals surface area contributed by atoms with Crippen LogP contribution in [0.15, 0.2) is 84.1 Å². The third kappa shape index (κ3) is 4.71. The van der Waals surface area contributed by atoms with Crippen LogP contribution in [0.4, 0.5) is 11.4 Å². The Balaban J connectivity index is 1.65. The van der Waals surface area contributed by atoms with Crippen LogP contribution < -0.4 is 19.7 Å². The minimum atomic E-state index is -0.547. The predicted octanol–water partition coefficient (Wildman–Crippen LogP) is 6.40. The van der Waals surface area contributed by atoms with Crippen molar-refractivity contribution in [2.75, 3.05) is 23.9 Å². The number of anilines is 2. The van der Waals surface area contributed by atoms with E-state index in [1.165, 1.54) is 0 Å². The summed E-state index contributed by atoms with van der Waals surface area (Å²) in [5, 5.41) is 3.56. The number of carbonyl (C=O) groups is 2. The van der Waals surface area contributed by atoms with E-state index < -0.39 is 6.04 Å². The van der Waals surface area contributed by atoms with Crippen molar-refractivity contribution in [2.24, 2.45) is 0 Å². The first-order valence-electron chi connectivity index (χ1n) is 12.8. The number of para-hydroxylation sites is 3. The molecule has 2 atom stereocenters. The first-order valence-corrected chi connectivity index (χ1v) is 12.8. The molecule has 3 aromatic carbocycles. The van der Waals surface area contributed by atoms with Gasteiger partial charge >= 0.3 is 0 Å². The number of ketones is 1. The van der Waals surface area contributed by atoms with Gasteiger partial charge in [0.25, 0.3) is 0 Å². The Morgan fingerprint density at radius 3 is 2.46 bits per heavy atom. The molecule has 5 rings (SSSR count). The third-order valence-corrected chi connectivity index (χ3v) is 7.08. The van der Waals surface area contributed by atoms with Gasteiger partial charge in [-0.15, -0.1) is 0 Å². The fourth-order valence-corrected chi connectivity index (χ4v) is 5.42. The largest absolute Gasteiger partial charge is 0.497 e. The van der Waals surface area contributed by atoms with E-state index in [1.54, 1.807) is 18.9 Å². The van der Waals surface area contributed by atoms with Crippen molar-refractivity contribution < 1.29 is 19.1 Å². The lowest BCUT2D eigenvalue weighted by atomic mass is 9.78. The monoisotopic (exact) mass is 496 g/mol. The van der Waals surface area contributed by atoms with E-state index in [1.807, 2.05) is 66.7 Å². The normalized spacial score (nSPS) is 18.9. The number of ether oxygens (including phenoxy) is 2. The highest BCUT2D eigenvalue weighted by atomic mass is 16.5. The zero-order chi connectivity index (χ0) is 25.9. The van der Waals surface area contributed by atoms with Gasteiger partial charge in [-0.05, 0) is 54.3 Å². The molecule has 0 spiro atoms. The van der Waals surface area contributed by atoms with E-state index in [9.17, 15) is 9.59 Å². The molecule has 6 heteroatoms. The number of Topliss-reactive ketones (excluding diaryl/α,β-unsaturated/α-hetero) is 1. The number of benzene rings is 3. The molecule has 0 radical (unpaired) electrons. The molecule has 1 aliphatic heterocycles. The Morgan fingerprint density at radius 2 is 1.73 bits per heavy atom. The number of hydrogen-bond acceptors (Lipinski definition) is 5. The molecule has 1 aliphatic carbocycles. The van der Waals surface area contributed by atoms with E-state index in [0.717, 1.165) is 46.1 Å². The standard InChI is InChI=1S/C31H32N2O4/c1-4-17-37-29-12-8-5-9-24(29)22-18-26-30(28(35)19-22)31(21-13-15-23(36-3)16-14-21)33(20(2)34)27-11-7-6-10-25(27)32-26/h5-16,22,31-32H,4,17-19H2,1-3H3/t22-,31-/m0/s1. The molecule has 1 amide bonds. The number of rotatable bonds is 6. The van der Waals surface area contributed by atoms with Gasteiger partial charge in [0, 0.05) is 30.5 Å². The van der Waals surface area contributed by atoms with Gasteiger partial charge in [0.2, 0.25) is 5.91 Å². The zero-order valence-electron chi connectivity index (χ0n) is 21.5. The number of methoxy groups -OCH3 is 1. The number of nitrogens with zero attached hydrogens (tertiary/aromatic N) is 1. The number of amides is 1. The van der Waals surface area contributed by atoms with Gasteiger partial charge < -0.3 is 14.8 Å². The van der Waals surface area contributed by atoms with E-state index in [-0.39, 0.29) is 17.6 Å². The summed E-state index contributed by atoms with van der Waals surface area (Å²) in [6.45, 7) is 4.26. The molecule has 37 heavy (non-hydrogen) atoms. The quantitative estimate of drug-likeness (QED) is 0.427. The van der Waals surface area contributed by atoms with E-state index >= 15 is 0 Å². The molecule has 2 aliphatic rings. The van der Waals surface area contributed by atoms with Gasteiger partial charge in [-0.1, -0.05) is 49.4 Å². The summed E-state index contributed by atoms with van der Waals surface area (Å²) >= 11 is 0. The van der Waals surface area contributed by atoms with Crippen LogP contribution in [0.5, 0.6) is 11.5 Å². The second-order valence-corrected chi connectivity index (χ2v) is 9.51. The van der Waals surface area contributed by atoms with Gasteiger partial charge in [-0.2, -0.15) is 0 Å². The summed E-state index contributed by atoms with van der Waals surface area (Å²) in [4.78, 5) is 28.9. The van der Waals surface area contributed by atoms with Gasteiger partial charge in [-0.25, -0.2) is 0 Å². The molecule has 0 aromatic heterocycles. The predicted molar refractivity (Wildman–Crippen MR) is 145 cm³/mol. The molecule has 0 saturated carbocycles. The number of allylic oxidation sites excluding steroid dienone is 1. The lowest BCUT2D eigenvalue weighted by Gasteiger charge is -2.34. The van der Waals surface area contributed by atoms with Crippen LogP contribution in [0.1, 0.15) is 56.2 Å². The summed E-state index contributed by atoms with van der Waals surface area (Å²) < 4.78 is 11.4. The summed E-state index contributed by atoms with van der Waals surface area (Å²) in [5.41, 5.74) is 4.95. The Bertz CT molecular complexity index is 1350. The van der Waals surface area contributed by atoms with Crippen molar-refractivity contribution in [1.82, 2.24) is 0 Å². The fourth-order valence-electron chi connectivity index (χ4n) is 5.42. The van der Waals surface area contributed by atoms with Crippen molar-refractivity contribution in [2.45, 2.75) is 45.1 Å². The second-order valence-electron chi connectivity index (χ2n) is 9.51. The molecule has 6 nitrogen and oxygen atoms in total. The molecule has 0 bridgehead atoms. The average molecular weight is 497 g/mol. The molecule has 190 valence electrons. The number of carbonyl (C=O) groups excluding carboxylic acids is 2. The zero-order valence-corrected chi connectivity index (χ0v) is 21.5. The topological polar surface area (TPSA) is 67.9 Å². The molecule has 1 N–H and O–H groups in total. The van der Waals surface area contributed by atoms with E-state index in [2.05, 4.69) is 18.3 Å². The van der Waals surface area contributed by atoms with Crippen LogP contribution >= 0.6 is 0 Å². The van der Waals surface area contributed by atoms with Gasteiger partial charge in [-0.3, -0.25) is 14.5 Å². The lowest BCUT2D eigenvalue weighted by Crippen LogP contribution is -2.37. The van der Waals surface area contributed by atoms with Crippen LogP contribution in [0.3, 0.4) is 0 Å². The van der Waals surface area contributed by atoms with Crippen molar-refractivity contribution in [3.63, 3.8) is 0 Å². The van der Waals surface area contributed by atoms with Crippen LogP contribution in [0, 0.1) is 0 Å². The van der Waals surface area contributed by atoms with Crippen molar-refractivity contribution >= 4 is 23.1 Å². The van der Waals surface area contributed by atoms with Crippen LogP contribution in [0.2, 0.25) is 0 Å². The maximum atomic E-state index is 14.0. The highest BCUT2D eigenvalue weighted by molar-refractivity contribution is 6.06. The number of nitrogens with one attached hydrogen (secondary N) is 1. The minimum absolute atomic E-state index is 0.0284. The second kappa shape index (κ2) is 10.5. The Morgan fingerprint density at radius 1 is 1.00 bits per heavy atom. The molecular formula is C31H32N2O4. The van der Waals surface area contributed by atoms with Crippen molar-refractivity contribution in [1.29, 1.82) is 0 Å². The van der Waals surface area contributed by atoms with Gasteiger partial charge in [0.1, 0.15) is 11.5 Å². The van der Waals surface area contributed by atoms with Crippen molar-refractivity contribution in [3.05, 3.63) is 95.2 Å². The van der Waals surface area contributed by atoms with Gasteiger partial charge in [0.05, 0.1) is 31.1 Å². The highest BCUT2D eigenvalue weighted by Crippen LogP contribution is 2.48. The molecule has 1 heterocycles. The maximum Gasteiger partial charge on any atom is 0.224 e. The summed E-state index contributed by atoms with van der Waals surface area (Å²) in [7, 11) is 1.62. The Kier molecular flexibility index (Phi) is 6.99. The van der Waals surface area contributed by atoms with Crippen LogP contribution in [-0.4, -0.2) is 25.4 Å². The summed E-state index contributed by atoms with van der Waals surface area (Å²) in [5.74, 6) is 1.43. The van der Waals surface area contributed by atoms with E-state index in [4.69, 9.17) is 9.47 Å². The van der Waals surface area contributed by atoms with Crippen molar-refractivity contribution in [3.8, 4) is 11.5 Å². The van der Waals surface area contributed by atoms with E-state index in [0.29, 0.717) is 25.0 Å². The summed E-state index contributed by atoms with van der Waals surface area (Å²) in [6, 6.07) is 22.8. The fraction of sp³-hybridized carbons (Fsp3) is 0.290. The minimum Gasteiger partial charge on any atom is -0.497 e. The molecule has 0 fully saturated rings. The van der Waals surface area contributed by atoms with Crippen LogP contribution in [-0.2, 0) is 9.59 Å². The maximum absolute atomic E-state index is 14.0. The highest BCUT2D eigenvalue weighted by Gasteiger charge is 2.41. The first-order chi connectivity index (χ1) is 18.0. The number of hydrogen-bond donors (Lipinski definition) is 1. The number of fused-ring (bicyclic) bond motifs is 1. The van der Waals surface area contributed by atoms with Gasteiger partial charge in [0.15, 0.2) is 5.78 Å². The molecule has 0 saturated heterocycles. The smallest absolute Gasteiger partial charge is 0.224 e. The summed E-state index contributed by atoms with van der Waals surface area (Å²) in [6.07, 6.45) is 1.90. The molecular weight excluding hydrogens is 464 g/mol.